The average molecular weight is 483 g/mol. The lowest BCUT2D eigenvalue weighted by Crippen LogP contribution is -2.39. The van der Waals surface area contributed by atoms with Crippen LogP contribution in [0.3, 0.4) is 0 Å². The summed E-state index contributed by atoms with van der Waals surface area (Å²) in [5.41, 5.74) is 1.40. The summed E-state index contributed by atoms with van der Waals surface area (Å²) in [5, 5.41) is 2.93. The Balaban J connectivity index is 1.34. The summed E-state index contributed by atoms with van der Waals surface area (Å²) in [6.07, 6.45) is 4.01. The van der Waals surface area contributed by atoms with E-state index in [0.717, 1.165) is 34.5 Å². The molecule has 0 bridgehead atoms. The van der Waals surface area contributed by atoms with Crippen LogP contribution in [0.4, 0.5) is 8.78 Å². The number of Topliss-reactive ketones (excluding diaryl/α,β-unsaturated/α-hetero) is 1. The number of nitrogens with zero attached hydrogens (tertiary/aromatic N) is 2. The van der Waals surface area contributed by atoms with Gasteiger partial charge in [-0.15, -0.1) is 11.3 Å². The number of carbonyl (C=O) groups excluding carboxylic acids is 2. The lowest BCUT2D eigenvalue weighted by molar-refractivity contribution is -0.127. The summed E-state index contributed by atoms with van der Waals surface area (Å²) in [7, 11) is 0. The first-order valence-corrected chi connectivity index (χ1v) is 11.9. The van der Waals surface area contributed by atoms with Crippen molar-refractivity contribution in [2.75, 3.05) is 13.1 Å². The van der Waals surface area contributed by atoms with Gasteiger partial charge in [-0.25, -0.2) is 13.8 Å². The molecule has 3 aromatic rings. The molecule has 0 spiro atoms. The summed E-state index contributed by atoms with van der Waals surface area (Å²) < 4.78 is 33.3. The molecule has 1 aromatic heterocycles. The van der Waals surface area contributed by atoms with Crippen molar-refractivity contribution in [1.82, 2.24) is 9.88 Å². The topological polar surface area (TPSA) is 59.5 Å². The highest BCUT2D eigenvalue weighted by Crippen LogP contribution is 2.25. The van der Waals surface area contributed by atoms with E-state index < -0.39 is 23.3 Å². The number of rotatable bonds is 7. The molecule has 1 saturated heterocycles. The van der Waals surface area contributed by atoms with Gasteiger partial charge in [-0.2, -0.15) is 0 Å². The Morgan fingerprint density at radius 2 is 1.94 bits per heavy atom. The summed E-state index contributed by atoms with van der Waals surface area (Å²) in [6.45, 7) is 3.03. The number of amides is 1. The molecule has 0 saturated carbocycles. The lowest BCUT2D eigenvalue weighted by atomic mass is 9.88. The maximum absolute atomic E-state index is 14.0. The molecule has 0 aliphatic carbocycles. The van der Waals surface area contributed by atoms with E-state index in [-0.39, 0.29) is 11.5 Å². The Morgan fingerprint density at radius 1 is 1.18 bits per heavy atom. The van der Waals surface area contributed by atoms with E-state index >= 15 is 0 Å². The maximum Gasteiger partial charge on any atom is 0.246 e. The van der Waals surface area contributed by atoms with Gasteiger partial charge in [0.1, 0.15) is 24.0 Å². The second kappa shape index (κ2) is 10.7. The van der Waals surface area contributed by atoms with Crippen LogP contribution in [0.25, 0.3) is 6.08 Å². The van der Waals surface area contributed by atoms with Crippen molar-refractivity contribution >= 4 is 29.1 Å². The molecule has 1 amide bonds. The van der Waals surface area contributed by atoms with Crippen molar-refractivity contribution in [3.8, 4) is 5.75 Å². The average Bonchev–Trinajstić information content (AvgIpc) is 3.28. The smallest absolute Gasteiger partial charge is 0.246 e. The van der Waals surface area contributed by atoms with Gasteiger partial charge in [0.05, 0.1) is 16.3 Å². The van der Waals surface area contributed by atoms with Crippen LogP contribution in [-0.4, -0.2) is 34.7 Å². The molecular weight excluding hydrogens is 458 g/mol. The monoisotopic (exact) mass is 482 g/mol. The molecule has 5 nitrogen and oxygen atoms in total. The van der Waals surface area contributed by atoms with Crippen molar-refractivity contribution in [2.45, 2.75) is 26.4 Å². The fourth-order valence-electron chi connectivity index (χ4n) is 3.91. The van der Waals surface area contributed by atoms with Crippen molar-refractivity contribution in [3.63, 3.8) is 0 Å². The minimum absolute atomic E-state index is 0.173. The molecule has 1 fully saturated rings. The second-order valence-electron chi connectivity index (χ2n) is 8.11. The highest BCUT2D eigenvalue weighted by atomic mass is 32.1. The third-order valence-corrected chi connectivity index (χ3v) is 6.56. The van der Waals surface area contributed by atoms with Crippen LogP contribution in [0, 0.1) is 24.5 Å². The fraction of sp³-hybridized carbons (Fsp3) is 0.269. The molecule has 2 heterocycles. The van der Waals surface area contributed by atoms with E-state index in [9.17, 15) is 18.4 Å². The van der Waals surface area contributed by atoms with Gasteiger partial charge in [-0.05, 0) is 50.1 Å². The normalized spacial score (nSPS) is 14.5. The van der Waals surface area contributed by atoms with E-state index in [4.69, 9.17) is 4.74 Å². The largest absolute Gasteiger partial charge is 0.487 e. The molecule has 34 heavy (non-hydrogen) atoms. The Labute approximate surface area is 200 Å². The number of aromatic nitrogens is 1. The number of benzene rings is 2. The molecule has 8 heteroatoms. The number of ether oxygens (including phenoxy) is 1. The van der Waals surface area contributed by atoms with Gasteiger partial charge in [0.15, 0.2) is 5.78 Å². The Morgan fingerprint density at radius 3 is 2.68 bits per heavy atom. The van der Waals surface area contributed by atoms with Crippen LogP contribution in [0.1, 0.15) is 39.5 Å². The summed E-state index contributed by atoms with van der Waals surface area (Å²) in [6, 6.07) is 10.3. The van der Waals surface area contributed by atoms with Crippen LogP contribution < -0.4 is 4.74 Å². The van der Waals surface area contributed by atoms with E-state index in [1.807, 2.05) is 36.6 Å². The quantitative estimate of drug-likeness (QED) is 0.332. The molecule has 1 aliphatic rings. The first kappa shape index (κ1) is 23.8. The van der Waals surface area contributed by atoms with Crippen molar-refractivity contribution < 1.29 is 23.1 Å². The van der Waals surface area contributed by atoms with E-state index in [2.05, 4.69) is 4.98 Å². The number of para-hydroxylation sites is 1. The predicted molar refractivity (Wildman–Crippen MR) is 127 cm³/mol. The zero-order valence-electron chi connectivity index (χ0n) is 18.7. The fourth-order valence-corrected chi connectivity index (χ4v) is 4.51. The number of ketones is 1. The third-order valence-electron chi connectivity index (χ3n) is 5.74. The molecule has 4 rings (SSSR count). The van der Waals surface area contributed by atoms with Gasteiger partial charge in [-0.3, -0.25) is 9.59 Å². The van der Waals surface area contributed by atoms with Gasteiger partial charge in [0.2, 0.25) is 5.91 Å². The van der Waals surface area contributed by atoms with Gasteiger partial charge in [0, 0.05) is 36.0 Å². The molecule has 0 atom stereocenters. The number of hydrogen-bond acceptors (Lipinski definition) is 5. The number of likely N-dealkylation sites (tertiary alicyclic amines) is 1. The van der Waals surface area contributed by atoms with Crippen molar-refractivity contribution in [3.05, 3.63) is 87.4 Å². The second-order valence-corrected chi connectivity index (χ2v) is 9.17. The first-order valence-electron chi connectivity index (χ1n) is 11.0. The Bertz CT molecular complexity index is 1220. The van der Waals surface area contributed by atoms with Crippen LogP contribution in [-0.2, 0) is 11.4 Å². The minimum atomic E-state index is -0.723. The minimum Gasteiger partial charge on any atom is -0.487 e. The van der Waals surface area contributed by atoms with Gasteiger partial charge in [-0.1, -0.05) is 18.2 Å². The van der Waals surface area contributed by atoms with E-state index in [1.165, 1.54) is 6.08 Å². The number of carbonyl (C=O) groups is 2. The zero-order chi connectivity index (χ0) is 24.1. The summed E-state index contributed by atoms with van der Waals surface area (Å²) in [5.74, 6) is -1.74. The van der Waals surface area contributed by atoms with E-state index in [1.54, 1.807) is 22.3 Å². The van der Waals surface area contributed by atoms with Gasteiger partial charge < -0.3 is 9.64 Å². The predicted octanol–water partition coefficient (Wildman–Crippen LogP) is 5.44. The summed E-state index contributed by atoms with van der Waals surface area (Å²) >= 11 is 1.56. The van der Waals surface area contributed by atoms with Crippen LogP contribution >= 0.6 is 11.3 Å². The molecular formula is C26H24F2N2O3S. The van der Waals surface area contributed by atoms with Gasteiger partial charge in [0.25, 0.3) is 0 Å². The highest BCUT2D eigenvalue weighted by Gasteiger charge is 2.29. The van der Waals surface area contributed by atoms with Gasteiger partial charge >= 0.3 is 0 Å². The molecule has 176 valence electrons. The third kappa shape index (κ3) is 5.75. The standard InChI is InChI=1S/C26H24F2N2O3S/c1-17-29-21(16-34-17)15-33-24-5-3-2-4-18(24)6-9-25(31)30-12-10-19(11-13-30)26(32)22-14-20(27)7-8-23(22)28/h2-9,14,16,19H,10-13,15H2,1H3/b9-6+. The van der Waals surface area contributed by atoms with Crippen molar-refractivity contribution in [1.29, 1.82) is 0 Å². The molecule has 0 N–H and O–H groups in total. The van der Waals surface area contributed by atoms with Crippen LogP contribution in [0.2, 0.25) is 0 Å². The first-order chi connectivity index (χ1) is 16.4. The molecule has 0 radical (unpaired) electrons. The number of piperidine rings is 1. The summed E-state index contributed by atoms with van der Waals surface area (Å²) in [4.78, 5) is 31.4. The zero-order valence-corrected chi connectivity index (χ0v) is 19.5. The SMILES string of the molecule is Cc1nc(COc2ccccc2/C=C/C(=O)N2CCC(C(=O)c3cc(F)ccc3F)CC2)cs1. The Kier molecular flexibility index (Phi) is 7.47. The number of thiazole rings is 1. The number of hydrogen-bond donors (Lipinski definition) is 0. The number of halogens is 2. The highest BCUT2D eigenvalue weighted by molar-refractivity contribution is 7.09. The molecule has 0 unspecified atom stereocenters. The maximum atomic E-state index is 14.0. The van der Waals surface area contributed by atoms with Crippen molar-refractivity contribution in [2.24, 2.45) is 5.92 Å². The van der Waals surface area contributed by atoms with Crippen LogP contribution in [0.15, 0.2) is 53.9 Å². The number of aryl methyl sites for hydroxylation is 1. The van der Waals surface area contributed by atoms with Crippen LogP contribution in [0.5, 0.6) is 5.75 Å². The molecule has 2 aromatic carbocycles. The Hall–Kier alpha value is -3.39. The van der Waals surface area contributed by atoms with E-state index in [0.29, 0.717) is 38.3 Å². The lowest BCUT2D eigenvalue weighted by Gasteiger charge is -2.30. The molecule has 1 aliphatic heterocycles.